The normalized spacial score (nSPS) is 25.0. The van der Waals surface area contributed by atoms with E-state index in [1.807, 2.05) is 6.92 Å². The highest BCUT2D eigenvalue weighted by atomic mass is 16.5. The monoisotopic (exact) mass is 430 g/mol. The standard InChI is InChI=1S/C26H30N4O2/c1-18(28-29-25(31)17-30-12-14-32-15-13-30)20-10-11-24-23(16-20)21-8-5-9-22(21)26(27-24)19-6-3-2-4-7-19/h2-8,10-11,16,21-22,26-27H,9,12-15,17H2,1H3,(H,29,31)/b28-18-/t21-,22+,26+/m1/s1. The number of benzene rings is 2. The SMILES string of the molecule is C/C(=N/NC(=O)CN1CCOCC1)c1ccc2c(c1)[C@@H]1C=CC[C@@H]1[C@H](c1ccccc1)N2. The van der Waals surface area contributed by atoms with Crippen molar-refractivity contribution >= 4 is 17.3 Å². The molecule has 0 radical (unpaired) electrons. The number of ether oxygens (including phenoxy) is 1. The van der Waals surface area contributed by atoms with Gasteiger partial charge in [-0.1, -0.05) is 48.6 Å². The van der Waals surface area contributed by atoms with Crippen LogP contribution >= 0.6 is 0 Å². The first kappa shape index (κ1) is 20.9. The van der Waals surface area contributed by atoms with E-state index in [0.717, 1.165) is 30.8 Å². The molecule has 3 atom stereocenters. The number of allylic oxidation sites excluding steroid dienone is 2. The second-order valence-corrected chi connectivity index (χ2v) is 8.81. The van der Waals surface area contributed by atoms with Gasteiger partial charge in [0.25, 0.3) is 5.91 Å². The molecule has 2 N–H and O–H groups in total. The quantitative estimate of drug-likeness (QED) is 0.431. The lowest BCUT2D eigenvalue weighted by molar-refractivity contribution is -0.123. The first-order chi connectivity index (χ1) is 15.7. The number of morpholine rings is 1. The van der Waals surface area contributed by atoms with Crippen molar-refractivity contribution in [2.45, 2.75) is 25.3 Å². The molecule has 32 heavy (non-hydrogen) atoms. The van der Waals surface area contributed by atoms with Crippen molar-refractivity contribution < 1.29 is 9.53 Å². The van der Waals surface area contributed by atoms with Gasteiger partial charge in [-0.15, -0.1) is 0 Å². The second kappa shape index (κ2) is 9.27. The Labute approximate surface area is 189 Å². The van der Waals surface area contributed by atoms with Crippen LogP contribution in [0.4, 0.5) is 5.69 Å². The fourth-order valence-electron chi connectivity index (χ4n) is 5.02. The predicted molar refractivity (Wildman–Crippen MR) is 127 cm³/mol. The number of carbonyl (C=O) groups is 1. The number of nitrogens with zero attached hydrogens (tertiary/aromatic N) is 2. The van der Waals surface area contributed by atoms with Gasteiger partial charge in [0, 0.05) is 24.7 Å². The van der Waals surface area contributed by atoms with Gasteiger partial charge in [0.2, 0.25) is 0 Å². The molecule has 0 saturated carbocycles. The molecule has 2 heterocycles. The molecule has 3 aliphatic rings. The van der Waals surface area contributed by atoms with Gasteiger partial charge in [-0.3, -0.25) is 9.69 Å². The van der Waals surface area contributed by atoms with Crippen molar-refractivity contribution in [2.75, 3.05) is 38.2 Å². The zero-order chi connectivity index (χ0) is 21.9. The zero-order valence-corrected chi connectivity index (χ0v) is 18.5. The second-order valence-electron chi connectivity index (χ2n) is 8.81. The molecule has 0 unspecified atom stereocenters. The van der Waals surface area contributed by atoms with Crippen molar-refractivity contribution in [3.05, 3.63) is 77.4 Å². The molecule has 2 aromatic rings. The first-order valence-corrected chi connectivity index (χ1v) is 11.4. The lowest BCUT2D eigenvalue weighted by atomic mass is 9.76. The van der Waals surface area contributed by atoms with Crippen molar-refractivity contribution in [1.82, 2.24) is 10.3 Å². The number of hydrogen-bond acceptors (Lipinski definition) is 5. The predicted octanol–water partition coefficient (Wildman–Crippen LogP) is 3.69. The Bertz CT molecular complexity index is 1030. The third-order valence-corrected chi connectivity index (χ3v) is 6.76. The van der Waals surface area contributed by atoms with Crippen molar-refractivity contribution in [3.63, 3.8) is 0 Å². The Balaban J connectivity index is 1.31. The summed E-state index contributed by atoms with van der Waals surface area (Å²) in [6.45, 7) is 5.23. The molecule has 5 rings (SSSR count). The highest BCUT2D eigenvalue weighted by Crippen LogP contribution is 2.49. The minimum Gasteiger partial charge on any atom is -0.379 e. The molecule has 1 amide bonds. The molecule has 2 aliphatic heterocycles. The summed E-state index contributed by atoms with van der Waals surface area (Å²) in [5.74, 6) is 0.807. The van der Waals surface area contributed by atoms with Crippen LogP contribution in [-0.4, -0.2) is 49.4 Å². The van der Waals surface area contributed by atoms with Gasteiger partial charge in [0.05, 0.1) is 31.5 Å². The van der Waals surface area contributed by atoms with Crippen LogP contribution < -0.4 is 10.7 Å². The average molecular weight is 431 g/mol. The van der Waals surface area contributed by atoms with Gasteiger partial charge in [-0.05, 0) is 48.1 Å². The number of anilines is 1. The third kappa shape index (κ3) is 4.33. The molecule has 1 fully saturated rings. The van der Waals surface area contributed by atoms with Gasteiger partial charge in [0.1, 0.15) is 0 Å². The van der Waals surface area contributed by atoms with Crippen LogP contribution in [0.5, 0.6) is 0 Å². The molecular formula is C26H30N4O2. The number of carbonyl (C=O) groups excluding carboxylic acids is 1. The highest BCUT2D eigenvalue weighted by molar-refractivity contribution is 6.00. The summed E-state index contributed by atoms with van der Waals surface area (Å²) in [6.07, 6.45) is 5.73. The summed E-state index contributed by atoms with van der Waals surface area (Å²) >= 11 is 0. The van der Waals surface area contributed by atoms with E-state index in [2.05, 4.69) is 81.4 Å². The van der Waals surface area contributed by atoms with E-state index in [1.54, 1.807) is 0 Å². The van der Waals surface area contributed by atoms with Crippen molar-refractivity contribution in [1.29, 1.82) is 0 Å². The lowest BCUT2D eigenvalue weighted by Gasteiger charge is -2.37. The molecule has 1 aliphatic carbocycles. The molecule has 0 aromatic heterocycles. The molecule has 6 heteroatoms. The minimum atomic E-state index is -0.0876. The molecule has 1 saturated heterocycles. The number of amides is 1. The largest absolute Gasteiger partial charge is 0.379 e. The van der Waals surface area contributed by atoms with Crippen LogP contribution in [0.2, 0.25) is 0 Å². The summed E-state index contributed by atoms with van der Waals surface area (Å²) in [4.78, 5) is 14.4. The molecule has 166 valence electrons. The summed E-state index contributed by atoms with van der Waals surface area (Å²) < 4.78 is 5.33. The van der Waals surface area contributed by atoms with E-state index in [0.29, 0.717) is 37.6 Å². The van der Waals surface area contributed by atoms with Crippen molar-refractivity contribution in [3.8, 4) is 0 Å². The molecule has 6 nitrogen and oxygen atoms in total. The maximum Gasteiger partial charge on any atom is 0.254 e. The number of hydrogen-bond donors (Lipinski definition) is 2. The fraction of sp³-hybridized carbons (Fsp3) is 0.385. The Kier molecular flexibility index (Phi) is 6.06. The van der Waals surface area contributed by atoms with Crippen LogP contribution in [-0.2, 0) is 9.53 Å². The van der Waals surface area contributed by atoms with Gasteiger partial charge in [0.15, 0.2) is 0 Å². The Morgan fingerprint density at radius 1 is 1.19 bits per heavy atom. The lowest BCUT2D eigenvalue weighted by Crippen LogP contribution is -2.42. The summed E-state index contributed by atoms with van der Waals surface area (Å²) in [6, 6.07) is 17.5. The van der Waals surface area contributed by atoms with E-state index in [1.165, 1.54) is 16.8 Å². The van der Waals surface area contributed by atoms with Gasteiger partial charge in [-0.2, -0.15) is 5.10 Å². The Hall–Kier alpha value is -2.96. The zero-order valence-electron chi connectivity index (χ0n) is 18.5. The number of hydrazone groups is 1. The van der Waals surface area contributed by atoms with Crippen LogP contribution in [0.25, 0.3) is 0 Å². The Morgan fingerprint density at radius 3 is 2.81 bits per heavy atom. The maximum absolute atomic E-state index is 12.3. The van der Waals surface area contributed by atoms with Crippen LogP contribution in [0.15, 0.2) is 65.8 Å². The maximum atomic E-state index is 12.3. The smallest absolute Gasteiger partial charge is 0.254 e. The van der Waals surface area contributed by atoms with Crippen LogP contribution in [0.1, 0.15) is 42.0 Å². The van der Waals surface area contributed by atoms with E-state index in [4.69, 9.17) is 4.74 Å². The van der Waals surface area contributed by atoms with Gasteiger partial charge >= 0.3 is 0 Å². The number of fused-ring (bicyclic) bond motifs is 3. The third-order valence-electron chi connectivity index (χ3n) is 6.76. The topological polar surface area (TPSA) is 66.0 Å². The van der Waals surface area contributed by atoms with Crippen LogP contribution in [0.3, 0.4) is 0 Å². The summed E-state index contributed by atoms with van der Waals surface area (Å²) in [5, 5.41) is 8.16. The highest BCUT2D eigenvalue weighted by Gasteiger charge is 2.37. The van der Waals surface area contributed by atoms with Gasteiger partial charge in [-0.25, -0.2) is 5.43 Å². The van der Waals surface area contributed by atoms with Crippen molar-refractivity contribution in [2.24, 2.45) is 11.0 Å². The fourth-order valence-corrected chi connectivity index (χ4v) is 5.02. The first-order valence-electron chi connectivity index (χ1n) is 11.4. The van der Waals surface area contributed by atoms with Crippen LogP contribution in [0, 0.1) is 5.92 Å². The molecule has 2 aromatic carbocycles. The van der Waals surface area contributed by atoms with E-state index < -0.39 is 0 Å². The number of rotatable bonds is 5. The molecule has 0 bridgehead atoms. The Morgan fingerprint density at radius 2 is 2.00 bits per heavy atom. The molecule has 0 spiro atoms. The van der Waals surface area contributed by atoms with E-state index in [-0.39, 0.29) is 5.91 Å². The van der Waals surface area contributed by atoms with E-state index >= 15 is 0 Å². The average Bonchev–Trinajstić information content (AvgIpc) is 3.33. The number of nitrogens with one attached hydrogen (secondary N) is 2. The van der Waals surface area contributed by atoms with Gasteiger partial charge < -0.3 is 10.1 Å². The van der Waals surface area contributed by atoms with E-state index in [9.17, 15) is 4.79 Å². The summed E-state index contributed by atoms with van der Waals surface area (Å²) in [7, 11) is 0. The minimum absolute atomic E-state index is 0.0876. The summed E-state index contributed by atoms with van der Waals surface area (Å²) in [5.41, 5.74) is 8.39. The molecular weight excluding hydrogens is 400 g/mol.